The number of rotatable bonds is 6. The van der Waals surface area contributed by atoms with Crippen molar-refractivity contribution < 1.29 is 9.47 Å². The minimum atomic E-state index is 0.518. The largest absolute Gasteiger partial charge is 0.495 e. The van der Waals surface area contributed by atoms with Crippen LogP contribution in [0.2, 0.25) is 0 Å². The SMILES string of the molecule is COc1ccc(COCCc2cccs2)cc1C#N. The fourth-order valence-electron chi connectivity index (χ4n) is 1.75. The van der Waals surface area contributed by atoms with Gasteiger partial charge in [0, 0.05) is 11.3 Å². The van der Waals surface area contributed by atoms with Crippen LogP contribution in [0.5, 0.6) is 5.75 Å². The number of nitrogens with zero attached hydrogens (tertiary/aromatic N) is 1. The Morgan fingerprint density at radius 3 is 2.89 bits per heavy atom. The van der Waals surface area contributed by atoms with Crippen LogP contribution in [-0.2, 0) is 17.8 Å². The van der Waals surface area contributed by atoms with Crippen molar-refractivity contribution in [2.45, 2.75) is 13.0 Å². The van der Waals surface area contributed by atoms with Gasteiger partial charge in [0.2, 0.25) is 0 Å². The molecule has 0 N–H and O–H groups in total. The van der Waals surface area contributed by atoms with Crippen molar-refractivity contribution in [1.29, 1.82) is 5.26 Å². The Morgan fingerprint density at radius 1 is 1.32 bits per heavy atom. The lowest BCUT2D eigenvalue weighted by molar-refractivity contribution is 0.124. The second kappa shape index (κ2) is 6.93. The fourth-order valence-corrected chi connectivity index (χ4v) is 2.44. The highest BCUT2D eigenvalue weighted by Gasteiger charge is 2.03. The summed E-state index contributed by atoms with van der Waals surface area (Å²) in [7, 11) is 1.56. The van der Waals surface area contributed by atoms with Gasteiger partial charge in [-0.3, -0.25) is 0 Å². The Balaban J connectivity index is 1.84. The predicted molar refractivity (Wildman–Crippen MR) is 75.4 cm³/mol. The van der Waals surface area contributed by atoms with Crippen LogP contribution in [0.15, 0.2) is 35.7 Å². The Morgan fingerprint density at radius 2 is 2.21 bits per heavy atom. The van der Waals surface area contributed by atoms with E-state index < -0.39 is 0 Å². The molecule has 0 fully saturated rings. The summed E-state index contributed by atoms with van der Waals surface area (Å²) in [5.41, 5.74) is 1.53. The lowest BCUT2D eigenvalue weighted by atomic mass is 10.1. The van der Waals surface area contributed by atoms with Crippen LogP contribution in [0.4, 0.5) is 0 Å². The molecule has 0 atom stereocenters. The maximum absolute atomic E-state index is 9.00. The maximum atomic E-state index is 9.00. The van der Waals surface area contributed by atoms with E-state index in [9.17, 15) is 0 Å². The Hall–Kier alpha value is -1.83. The molecule has 2 rings (SSSR count). The Bertz CT molecular complexity index is 558. The first-order chi connectivity index (χ1) is 9.33. The Labute approximate surface area is 117 Å². The number of hydrogen-bond donors (Lipinski definition) is 0. The van der Waals surface area contributed by atoms with Crippen molar-refractivity contribution >= 4 is 11.3 Å². The molecule has 0 bridgehead atoms. The van der Waals surface area contributed by atoms with Gasteiger partial charge in [-0.2, -0.15) is 5.26 Å². The number of thiophene rings is 1. The smallest absolute Gasteiger partial charge is 0.136 e. The molecule has 19 heavy (non-hydrogen) atoms. The summed E-state index contributed by atoms with van der Waals surface area (Å²) in [6.07, 6.45) is 0.929. The summed E-state index contributed by atoms with van der Waals surface area (Å²) < 4.78 is 10.7. The normalized spacial score (nSPS) is 10.1. The molecule has 3 nitrogen and oxygen atoms in total. The van der Waals surface area contributed by atoms with Gasteiger partial charge >= 0.3 is 0 Å². The molecular weight excluding hydrogens is 258 g/mol. The van der Waals surface area contributed by atoms with Crippen LogP contribution < -0.4 is 4.74 Å². The lowest BCUT2D eigenvalue weighted by Gasteiger charge is -2.06. The summed E-state index contributed by atoms with van der Waals surface area (Å²) in [5.74, 6) is 0.602. The van der Waals surface area contributed by atoms with E-state index in [0.717, 1.165) is 12.0 Å². The summed E-state index contributed by atoms with van der Waals surface area (Å²) >= 11 is 1.74. The van der Waals surface area contributed by atoms with Gasteiger partial charge in [0.1, 0.15) is 11.8 Å². The van der Waals surface area contributed by atoms with E-state index in [1.807, 2.05) is 18.2 Å². The molecule has 0 aliphatic carbocycles. The van der Waals surface area contributed by atoms with Crippen molar-refractivity contribution in [3.8, 4) is 11.8 Å². The summed E-state index contributed by atoms with van der Waals surface area (Å²) in [6.45, 7) is 1.21. The third-order valence-corrected chi connectivity index (χ3v) is 3.66. The molecule has 4 heteroatoms. The maximum Gasteiger partial charge on any atom is 0.136 e. The van der Waals surface area contributed by atoms with E-state index in [0.29, 0.717) is 24.5 Å². The van der Waals surface area contributed by atoms with Gasteiger partial charge in [-0.25, -0.2) is 0 Å². The number of methoxy groups -OCH3 is 1. The molecule has 1 aromatic heterocycles. The zero-order valence-corrected chi connectivity index (χ0v) is 11.6. The van der Waals surface area contributed by atoms with Gasteiger partial charge in [0.15, 0.2) is 0 Å². The fraction of sp³-hybridized carbons (Fsp3) is 0.267. The Kier molecular flexibility index (Phi) is 4.96. The molecule has 0 amide bonds. The minimum absolute atomic E-state index is 0.518. The van der Waals surface area contributed by atoms with Crippen LogP contribution in [0.25, 0.3) is 0 Å². The van der Waals surface area contributed by atoms with Gasteiger partial charge < -0.3 is 9.47 Å². The first-order valence-electron chi connectivity index (χ1n) is 6.00. The summed E-state index contributed by atoms with van der Waals surface area (Å²) in [5, 5.41) is 11.1. The standard InChI is InChI=1S/C15H15NO2S/c1-17-15-5-4-12(9-13(15)10-16)11-18-7-6-14-3-2-8-19-14/h2-5,8-9H,6-7,11H2,1H3. The van der Waals surface area contributed by atoms with Gasteiger partial charge in [-0.05, 0) is 29.1 Å². The molecule has 1 heterocycles. The van der Waals surface area contributed by atoms with E-state index >= 15 is 0 Å². The second-order valence-electron chi connectivity index (χ2n) is 4.03. The predicted octanol–water partition coefficient (Wildman–Crippen LogP) is 3.39. The van der Waals surface area contributed by atoms with Gasteiger partial charge in [0.25, 0.3) is 0 Å². The molecule has 0 saturated carbocycles. The first kappa shape index (κ1) is 13.6. The minimum Gasteiger partial charge on any atom is -0.495 e. The van der Waals surface area contributed by atoms with Crippen molar-refractivity contribution in [3.63, 3.8) is 0 Å². The van der Waals surface area contributed by atoms with E-state index in [2.05, 4.69) is 17.5 Å². The molecular formula is C15H15NO2S. The highest BCUT2D eigenvalue weighted by atomic mass is 32.1. The molecule has 0 aliphatic heterocycles. The van der Waals surface area contributed by atoms with Crippen molar-refractivity contribution in [2.24, 2.45) is 0 Å². The molecule has 0 spiro atoms. The molecule has 0 aliphatic rings. The van der Waals surface area contributed by atoms with Crippen LogP contribution >= 0.6 is 11.3 Å². The van der Waals surface area contributed by atoms with E-state index in [4.69, 9.17) is 14.7 Å². The van der Waals surface area contributed by atoms with Crippen molar-refractivity contribution in [2.75, 3.05) is 13.7 Å². The quantitative estimate of drug-likeness (QED) is 0.758. The number of nitriles is 1. The summed E-state index contributed by atoms with van der Waals surface area (Å²) in [4.78, 5) is 1.33. The molecule has 0 unspecified atom stereocenters. The topological polar surface area (TPSA) is 42.2 Å². The molecule has 98 valence electrons. The number of hydrogen-bond acceptors (Lipinski definition) is 4. The molecule has 0 saturated heterocycles. The summed E-state index contributed by atoms with van der Waals surface area (Å²) in [6, 6.07) is 11.8. The molecule has 2 aromatic rings. The van der Waals surface area contributed by atoms with Crippen molar-refractivity contribution in [3.05, 3.63) is 51.7 Å². The van der Waals surface area contributed by atoms with Gasteiger partial charge in [0.05, 0.1) is 25.9 Å². The monoisotopic (exact) mass is 273 g/mol. The highest BCUT2D eigenvalue weighted by Crippen LogP contribution is 2.19. The van der Waals surface area contributed by atoms with E-state index in [1.165, 1.54) is 4.88 Å². The van der Waals surface area contributed by atoms with E-state index in [1.54, 1.807) is 24.5 Å². The zero-order chi connectivity index (χ0) is 13.5. The second-order valence-corrected chi connectivity index (χ2v) is 5.06. The molecule has 0 radical (unpaired) electrons. The highest BCUT2D eigenvalue weighted by molar-refractivity contribution is 7.09. The van der Waals surface area contributed by atoms with Crippen LogP contribution in [0.3, 0.4) is 0 Å². The van der Waals surface area contributed by atoms with Crippen molar-refractivity contribution in [1.82, 2.24) is 0 Å². The van der Waals surface area contributed by atoms with Crippen LogP contribution in [-0.4, -0.2) is 13.7 Å². The molecule has 1 aromatic carbocycles. The third-order valence-electron chi connectivity index (χ3n) is 2.73. The number of ether oxygens (including phenoxy) is 2. The zero-order valence-electron chi connectivity index (χ0n) is 10.8. The van der Waals surface area contributed by atoms with E-state index in [-0.39, 0.29) is 0 Å². The van der Waals surface area contributed by atoms with Gasteiger partial charge in [-0.1, -0.05) is 12.1 Å². The number of benzene rings is 1. The first-order valence-corrected chi connectivity index (χ1v) is 6.88. The third kappa shape index (κ3) is 3.82. The average molecular weight is 273 g/mol. The lowest BCUT2D eigenvalue weighted by Crippen LogP contribution is -1.99. The van der Waals surface area contributed by atoms with Gasteiger partial charge in [-0.15, -0.1) is 11.3 Å². The van der Waals surface area contributed by atoms with Crippen LogP contribution in [0.1, 0.15) is 16.0 Å². The average Bonchev–Trinajstić information content (AvgIpc) is 2.96. The van der Waals surface area contributed by atoms with Crippen LogP contribution in [0, 0.1) is 11.3 Å².